The number of likely N-dealkylation sites (tertiary alicyclic amines) is 1. The van der Waals surface area contributed by atoms with Crippen LogP contribution in [0.4, 0.5) is 0 Å². The van der Waals surface area contributed by atoms with E-state index < -0.39 is 0 Å². The van der Waals surface area contributed by atoms with Crippen LogP contribution in [0.1, 0.15) is 30.7 Å². The number of fused-ring (bicyclic) bond motifs is 2. The Hall–Kier alpha value is -1.35. The summed E-state index contributed by atoms with van der Waals surface area (Å²) >= 11 is 0. The highest BCUT2D eigenvalue weighted by molar-refractivity contribution is 5.90. The van der Waals surface area contributed by atoms with Crippen molar-refractivity contribution in [2.45, 2.75) is 31.2 Å². The molecule has 3 heteroatoms. The van der Waals surface area contributed by atoms with E-state index in [9.17, 15) is 4.79 Å². The predicted molar refractivity (Wildman–Crippen MR) is 78.8 cm³/mol. The van der Waals surface area contributed by atoms with Crippen LogP contribution in [0.25, 0.3) is 0 Å². The summed E-state index contributed by atoms with van der Waals surface area (Å²) in [5.74, 6) is 2.13. The summed E-state index contributed by atoms with van der Waals surface area (Å²) in [5, 5.41) is 0. The first-order valence-electron chi connectivity index (χ1n) is 8.23. The van der Waals surface area contributed by atoms with Gasteiger partial charge in [0.15, 0.2) is 0 Å². The minimum Gasteiger partial charge on any atom is -0.381 e. The van der Waals surface area contributed by atoms with Crippen LogP contribution in [0.5, 0.6) is 0 Å². The van der Waals surface area contributed by atoms with Crippen LogP contribution in [0.3, 0.4) is 0 Å². The van der Waals surface area contributed by atoms with Gasteiger partial charge in [-0.25, -0.2) is 0 Å². The summed E-state index contributed by atoms with van der Waals surface area (Å²) in [6, 6.07) is 11.1. The molecule has 5 rings (SSSR count). The third kappa shape index (κ3) is 1.67. The molecule has 0 bridgehead atoms. The van der Waals surface area contributed by atoms with Crippen molar-refractivity contribution < 1.29 is 9.53 Å². The molecule has 3 atom stereocenters. The third-order valence-corrected chi connectivity index (χ3v) is 6.27. The number of carbonyl (C=O) groups is 1. The van der Waals surface area contributed by atoms with Crippen molar-refractivity contribution in [1.29, 1.82) is 0 Å². The van der Waals surface area contributed by atoms with Crippen molar-refractivity contribution >= 4 is 5.91 Å². The number of carbonyl (C=O) groups excluding carboxylic acids is 1. The van der Waals surface area contributed by atoms with Crippen LogP contribution >= 0.6 is 0 Å². The molecule has 110 valence electrons. The van der Waals surface area contributed by atoms with E-state index in [-0.39, 0.29) is 5.41 Å². The molecule has 4 aliphatic rings. The lowest BCUT2D eigenvalue weighted by Crippen LogP contribution is -2.43. The molecule has 1 aromatic carbocycles. The summed E-state index contributed by atoms with van der Waals surface area (Å²) in [5.41, 5.74) is 1.47. The van der Waals surface area contributed by atoms with Gasteiger partial charge in [0.1, 0.15) is 0 Å². The Morgan fingerprint density at radius 2 is 2.00 bits per heavy atom. The number of benzene rings is 1. The molecule has 0 aromatic heterocycles. The molecule has 0 radical (unpaired) electrons. The lowest BCUT2D eigenvalue weighted by Gasteiger charge is -2.33. The quantitative estimate of drug-likeness (QED) is 0.834. The van der Waals surface area contributed by atoms with E-state index in [0.29, 0.717) is 23.8 Å². The Morgan fingerprint density at radius 1 is 1.24 bits per heavy atom. The lowest BCUT2D eigenvalue weighted by atomic mass is 9.84. The maximum atomic E-state index is 12.9. The zero-order valence-electron chi connectivity index (χ0n) is 12.2. The second kappa shape index (κ2) is 4.10. The van der Waals surface area contributed by atoms with Crippen molar-refractivity contribution in [1.82, 2.24) is 4.90 Å². The van der Waals surface area contributed by atoms with E-state index in [0.717, 1.165) is 44.9 Å². The molecule has 2 saturated carbocycles. The molecule has 2 aliphatic carbocycles. The van der Waals surface area contributed by atoms with Gasteiger partial charge in [-0.2, -0.15) is 0 Å². The summed E-state index contributed by atoms with van der Waals surface area (Å²) in [4.78, 5) is 15.1. The van der Waals surface area contributed by atoms with Gasteiger partial charge in [0.25, 0.3) is 0 Å². The number of rotatable bonds is 2. The molecule has 2 heterocycles. The van der Waals surface area contributed by atoms with Gasteiger partial charge in [-0.05, 0) is 30.7 Å². The van der Waals surface area contributed by atoms with E-state index in [1.54, 1.807) is 0 Å². The van der Waals surface area contributed by atoms with E-state index in [2.05, 4.69) is 35.2 Å². The highest BCUT2D eigenvalue weighted by Crippen LogP contribution is 2.76. The fraction of sp³-hybridized carbons (Fsp3) is 0.611. The molecule has 0 N–H and O–H groups in total. The van der Waals surface area contributed by atoms with Crippen LogP contribution < -0.4 is 0 Å². The number of amides is 1. The number of nitrogens with zero attached hydrogens (tertiary/aromatic N) is 1. The van der Waals surface area contributed by atoms with Gasteiger partial charge in [0.05, 0.1) is 12.0 Å². The van der Waals surface area contributed by atoms with Crippen LogP contribution in [0.15, 0.2) is 30.3 Å². The van der Waals surface area contributed by atoms with Crippen LogP contribution in [-0.4, -0.2) is 36.6 Å². The lowest BCUT2D eigenvalue weighted by molar-refractivity contribution is -0.137. The summed E-state index contributed by atoms with van der Waals surface area (Å²) in [6.45, 7) is 2.52. The van der Waals surface area contributed by atoms with E-state index in [4.69, 9.17) is 4.74 Å². The number of ether oxygens (including phenoxy) is 1. The minimum absolute atomic E-state index is 0.106. The Morgan fingerprint density at radius 3 is 2.71 bits per heavy atom. The first kappa shape index (κ1) is 12.2. The zero-order chi connectivity index (χ0) is 14.0. The average Bonchev–Trinajstić information content (AvgIpc) is 3.36. The van der Waals surface area contributed by atoms with Crippen molar-refractivity contribution in [2.75, 3.05) is 19.8 Å². The molecule has 1 amide bonds. The predicted octanol–water partition coefficient (Wildman–Crippen LogP) is 2.43. The largest absolute Gasteiger partial charge is 0.381 e. The van der Waals surface area contributed by atoms with Gasteiger partial charge in [-0.15, -0.1) is 0 Å². The first-order chi connectivity index (χ1) is 10.3. The molecule has 2 saturated heterocycles. The molecule has 2 aliphatic heterocycles. The van der Waals surface area contributed by atoms with Gasteiger partial charge < -0.3 is 9.64 Å². The Labute approximate surface area is 125 Å². The second-order valence-corrected chi connectivity index (χ2v) is 7.33. The standard InChI is InChI=1S/C18H21NO2/c20-17(18-8-13(18)9-18)19-10-14(12-4-2-1-3-5-12)15-11-21-7-6-16(15)19/h1-5,13-16H,6-11H2. The molecule has 3 nitrogen and oxygen atoms in total. The smallest absolute Gasteiger partial charge is 0.229 e. The minimum atomic E-state index is 0.106. The van der Waals surface area contributed by atoms with Crippen molar-refractivity contribution in [3.05, 3.63) is 35.9 Å². The summed E-state index contributed by atoms with van der Waals surface area (Å²) in [6.07, 6.45) is 3.33. The van der Waals surface area contributed by atoms with Gasteiger partial charge in [-0.1, -0.05) is 30.3 Å². The van der Waals surface area contributed by atoms with Gasteiger partial charge >= 0.3 is 0 Å². The van der Waals surface area contributed by atoms with E-state index in [1.807, 2.05) is 0 Å². The van der Waals surface area contributed by atoms with E-state index in [1.165, 1.54) is 5.56 Å². The molecular formula is C18H21NO2. The van der Waals surface area contributed by atoms with Crippen molar-refractivity contribution in [3.63, 3.8) is 0 Å². The Balaban J connectivity index is 1.46. The summed E-state index contributed by atoms with van der Waals surface area (Å²) < 4.78 is 5.74. The molecular weight excluding hydrogens is 262 g/mol. The normalized spacial score (nSPS) is 43.1. The van der Waals surface area contributed by atoms with Crippen LogP contribution in [-0.2, 0) is 9.53 Å². The molecule has 1 aromatic rings. The molecule has 21 heavy (non-hydrogen) atoms. The highest BCUT2D eigenvalue weighted by atomic mass is 16.5. The maximum absolute atomic E-state index is 12.9. The number of hydrogen-bond acceptors (Lipinski definition) is 2. The van der Waals surface area contributed by atoms with Crippen molar-refractivity contribution in [3.8, 4) is 0 Å². The number of hydrogen-bond donors (Lipinski definition) is 0. The second-order valence-electron chi connectivity index (χ2n) is 7.33. The Bertz CT molecular complexity index is 578. The zero-order valence-corrected chi connectivity index (χ0v) is 12.2. The molecule has 3 unspecified atom stereocenters. The third-order valence-electron chi connectivity index (χ3n) is 6.27. The Kier molecular flexibility index (Phi) is 2.38. The fourth-order valence-electron chi connectivity index (χ4n) is 4.63. The fourth-order valence-corrected chi connectivity index (χ4v) is 4.63. The van der Waals surface area contributed by atoms with E-state index >= 15 is 0 Å². The topological polar surface area (TPSA) is 29.5 Å². The van der Waals surface area contributed by atoms with Crippen molar-refractivity contribution in [2.24, 2.45) is 17.3 Å². The SMILES string of the molecule is O=C(N1CC(c2ccccc2)C2COCCC21)C12CC1C2. The monoisotopic (exact) mass is 283 g/mol. The van der Waals surface area contributed by atoms with Gasteiger partial charge in [0, 0.05) is 31.0 Å². The average molecular weight is 283 g/mol. The first-order valence-corrected chi connectivity index (χ1v) is 8.23. The molecule has 0 spiro atoms. The summed E-state index contributed by atoms with van der Waals surface area (Å²) in [7, 11) is 0. The highest BCUT2D eigenvalue weighted by Gasteiger charge is 2.76. The van der Waals surface area contributed by atoms with Crippen LogP contribution in [0.2, 0.25) is 0 Å². The van der Waals surface area contributed by atoms with Gasteiger partial charge in [-0.3, -0.25) is 4.79 Å². The maximum Gasteiger partial charge on any atom is 0.229 e. The van der Waals surface area contributed by atoms with Crippen LogP contribution in [0, 0.1) is 17.3 Å². The van der Waals surface area contributed by atoms with Gasteiger partial charge in [0.2, 0.25) is 5.91 Å². The molecule has 4 fully saturated rings.